The van der Waals surface area contributed by atoms with Crippen LogP contribution in [0.2, 0.25) is 0 Å². The van der Waals surface area contributed by atoms with Crippen LogP contribution in [0.25, 0.3) is 0 Å². The Morgan fingerprint density at radius 3 is 2.74 bits per heavy atom. The van der Waals surface area contributed by atoms with E-state index in [-0.39, 0.29) is 13.2 Å². The van der Waals surface area contributed by atoms with Gasteiger partial charge >= 0.3 is 6.09 Å². The summed E-state index contributed by atoms with van der Waals surface area (Å²) in [5.41, 5.74) is 0.434. The molecule has 1 atom stereocenters. The summed E-state index contributed by atoms with van der Waals surface area (Å²) in [6.07, 6.45) is 2.56. The van der Waals surface area contributed by atoms with Crippen LogP contribution in [-0.2, 0) is 16.9 Å². The van der Waals surface area contributed by atoms with Crippen LogP contribution in [0.4, 0.5) is 4.79 Å². The number of aromatic nitrogens is 1. The standard InChI is InChI=1S/C18H20N2O3/c21-17(23-13-15-7-2-1-3-8-15)20-12-6-10-18(22,14-20)16-9-4-5-11-19-16/h1-5,7-9,11,22H,6,10,12-14H2. The van der Waals surface area contributed by atoms with Crippen LogP contribution in [0.15, 0.2) is 54.7 Å². The minimum atomic E-state index is -1.11. The van der Waals surface area contributed by atoms with Crippen LogP contribution in [0.1, 0.15) is 24.1 Å². The average Bonchev–Trinajstić information content (AvgIpc) is 2.61. The first-order chi connectivity index (χ1) is 11.2. The summed E-state index contributed by atoms with van der Waals surface area (Å²) in [4.78, 5) is 18.1. The zero-order valence-corrected chi connectivity index (χ0v) is 12.9. The topological polar surface area (TPSA) is 62.7 Å². The number of β-amino-alcohol motifs (C(OH)–C–C–N with tert-alkyl or cyclic N) is 1. The highest BCUT2D eigenvalue weighted by atomic mass is 16.6. The maximum Gasteiger partial charge on any atom is 0.410 e. The van der Waals surface area contributed by atoms with Crippen molar-refractivity contribution in [2.45, 2.75) is 25.0 Å². The van der Waals surface area contributed by atoms with Crippen molar-refractivity contribution in [3.63, 3.8) is 0 Å². The van der Waals surface area contributed by atoms with Crippen molar-refractivity contribution in [2.75, 3.05) is 13.1 Å². The molecule has 1 N–H and O–H groups in total. The Hall–Kier alpha value is -2.40. The summed E-state index contributed by atoms with van der Waals surface area (Å²) >= 11 is 0. The largest absolute Gasteiger partial charge is 0.445 e. The molecule has 1 aliphatic rings. The van der Waals surface area contributed by atoms with E-state index >= 15 is 0 Å². The molecule has 3 rings (SSSR count). The van der Waals surface area contributed by atoms with E-state index in [9.17, 15) is 9.90 Å². The Morgan fingerprint density at radius 1 is 1.22 bits per heavy atom. The van der Waals surface area contributed by atoms with Gasteiger partial charge in [-0.25, -0.2) is 4.79 Å². The monoisotopic (exact) mass is 312 g/mol. The lowest BCUT2D eigenvalue weighted by molar-refractivity contribution is -0.0378. The predicted octanol–water partition coefficient (Wildman–Crippen LogP) is 2.70. The highest BCUT2D eigenvalue weighted by Crippen LogP contribution is 2.30. The second-order valence-corrected chi connectivity index (χ2v) is 5.81. The van der Waals surface area contributed by atoms with Crippen LogP contribution >= 0.6 is 0 Å². The molecule has 5 heteroatoms. The van der Waals surface area contributed by atoms with E-state index in [0.29, 0.717) is 25.1 Å². The van der Waals surface area contributed by atoms with Gasteiger partial charge < -0.3 is 14.7 Å². The van der Waals surface area contributed by atoms with Crippen molar-refractivity contribution in [1.82, 2.24) is 9.88 Å². The van der Waals surface area contributed by atoms with Gasteiger partial charge in [-0.05, 0) is 30.5 Å². The van der Waals surface area contributed by atoms with Crippen LogP contribution < -0.4 is 0 Å². The maximum atomic E-state index is 12.3. The molecule has 1 saturated heterocycles. The molecular weight excluding hydrogens is 292 g/mol. The Labute approximate surface area is 135 Å². The van der Waals surface area contributed by atoms with Gasteiger partial charge in [0.05, 0.1) is 12.2 Å². The highest BCUT2D eigenvalue weighted by molar-refractivity contribution is 5.68. The second-order valence-electron chi connectivity index (χ2n) is 5.81. The van der Waals surface area contributed by atoms with Crippen molar-refractivity contribution in [1.29, 1.82) is 0 Å². The molecule has 0 saturated carbocycles. The Bertz CT molecular complexity index is 648. The van der Waals surface area contributed by atoms with Crippen molar-refractivity contribution in [3.8, 4) is 0 Å². The van der Waals surface area contributed by atoms with E-state index in [1.165, 1.54) is 0 Å². The van der Waals surface area contributed by atoms with Gasteiger partial charge in [0.15, 0.2) is 0 Å². The molecule has 120 valence electrons. The van der Waals surface area contributed by atoms with Crippen LogP contribution in [0, 0.1) is 0 Å². The number of likely N-dealkylation sites (tertiary alicyclic amines) is 1. The minimum absolute atomic E-state index is 0.206. The molecule has 2 heterocycles. The number of aliphatic hydroxyl groups is 1. The molecule has 1 unspecified atom stereocenters. The fourth-order valence-electron chi connectivity index (χ4n) is 2.85. The van der Waals surface area contributed by atoms with Crippen molar-refractivity contribution >= 4 is 6.09 Å². The van der Waals surface area contributed by atoms with Gasteiger partial charge in [0.2, 0.25) is 0 Å². The fourth-order valence-corrected chi connectivity index (χ4v) is 2.85. The van der Waals surface area contributed by atoms with E-state index in [4.69, 9.17) is 4.74 Å². The quantitative estimate of drug-likeness (QED) is 0.946. The lowest BCUT2D eigenvalue weighted by Crippen LogP contribution is -2.49. The maximum absolute atomic E-state index is 12.3. The lowest BCUT2D eigenvalue weighted by Gasteiger charge is -2.38. The third-order valence-corrected chi connectivity index (χ3v) is 4.08. The van der Waals surface area contributed by atoms with E-state index in [1.54, 1.807) is 17.2 Å². The van der Waals surface area contributed by atoms with E-state index in [0.717, 1.165) is 5.56 Å². The normalized spacial score (nSPS) is 21.0. The number of ether oxygens (including phenoxy) is 1. The van der Waals surface area contributed by atoms with E-state index < -0.39 is 11.7 Å². The number of piperidine rings is 1. The van der Waals surface area contributed by atoms with Gasteiger partial charge in [-0.15, -0.1) is 0 Å². The van der Waals surface area contributed by atoms with Crippen molar-refractivity contribution in [3.05, 3.63) is 66.0 Å². The summed E-state index contributed by atoms with van der Waals surface area (Å²) in [5.74, 6) is 0. The zero-order chi connectivity index (χ0) is 16.1. The number of carbonyl (C=O) groups is 1. The molecule has 0 radical (unpaired) electrons. The molecule has 1 aliphatic heterocycles. The van der Waals surface area contributed by atoms with Gasteiger partial charge in [-0.3, -0.25) is 4.98 Å². The third kappa shape index (κ3) is 3.68. The fraction of sp³-hybridized carbons (Fsp3) is 0.333. The summed E-state index contributed by atoms with van der Waals surface area (Å²) < 4.78 is 5.35. The molecule has 0 bridgehead atoms. The number of carbonyl (C=O) groups excluding carboxylic acids is 1. The predicted molar refractivity (Wildman–Crippen MR) is 85.6 cm³/mol. The minimum Gasteiger partial charge on any atom is -0.445 e. The van der Waals surface area contributed by atoms with Crippen LogP contribution in [-0.4, -0.2) is 34.2 Å². The van der Waals surface area contributed by atoms with Gasteiger partial charge in [-0.2, -0.15) is 0 Å². The number of hydrogen-bond donors (Lipinski definition) is 1. The molecule has 1 fully saturated rings. The number of benzene rings is 1. The Balaban J connectivity index is 1.63. The molecule has 0 aliphatic carbocycles. The summed E-state index contributed by atoms with van der Waals surface area (Å²) in [5, 5.41) is 10.8. The summed E-state index contributed by atoms with van der Waals surface area (Å²) in [6, 6.07) is 15.0. The van der Waals surface area contributed by atoms with Gasteiger partial charge in [0, 0.05) is 12.7 Å². The zero-order valence-electron chi connectivity index (χ0n) is 12.9. The Kier molecular flexibility index (Phi) is 4.57. The van der Waals surface area contributed by atoms with Crippen LogP contribution in [0.5, 0.6) is 0 Å². The van der Waals surface area contributed by atoms with Crippen LogP contribution in [0.3, 0.4) is 0 Å². The number of pyridine rings is 1. The van der Waals surface area contributed by atoms with Crippen molar-refractivity contribution in [2.24, 2.45) is 0 Å². The first-order valence-electron chi connectivity index (χ1n) is 7.77. The molecule has 0 spiro atoms. The first-order valence-corrected chi connectivity index (χ1v) is 7.77. The molecule has 2 aromatic rings. The van der Waals surface area contributed by atoms with Crippen molar-refractivity contribution < 1.29 is 14.6 Å². The number of hydrogen-bond acceptors (Lipinski definition) is 4. The summed E-state index contributed by atoms with van der Waals surface area (Å²) in [6.45, 7) is 1.03. The smallest absolute Gasteiger partial charge is 0.410 e. The third-order valence-electron chi connectivity index (χ3n) is 4.08. The molecule has 23 heavy (non-hydrogen) atoms. The first kappa shape index (κ1) is 15.5. The molecule has 5 nitrogen and oxygen atoms in total. The second kappa shape index (κ2) is 6.79. The number of amides is 1. The SMILES string of the molecule is O=C(OCc1ccccc1)N1CCCC(O)(c2ccccn2)C1. The van der Waals surface area contributed by atoms with Gasteiger partial charge in [0.1, 0.15) is 12.2 Å². The van der Waals surface area contributed by atoms with E-state index in [2.05, 4.69) is 4.98 Å². The molecule has 1 amide bonds. The molecular formula is C18H20N2O3. The average molecular weight is 312 g/mol. The number of nitrogens with zero attached hydrogens (tertiary/aromatic N) is 2. The Morgan fingerprint density at radius 2 is 2.00 bits per heavy atom. The number of rotatable bonds is 3. The molecule has 1 aromatic carbocycles. The lowest BCUT2D eigenvalue weighted by atomic mass is 9.89. The summed E-state index contributed by atoms with van der Waals surface area (Å²) in [7, 11) is 0. The molecule has 1 aromatic heterocycles. The van der Waals surface area contributed by atoms with E-state index in [1.807, 2.05) is 42.5 Å². The highest BCUT2D eigenvalue weighted by Gasteiger charge is 2.38. The van der Waals surface area contributed by atoms with Gasteiger partial charge in [0.25, 0.3) is 0 Å². The van der Waals surface area contributed by atoms with Gasteiger partial charge in [-0.1, -0.05) is 36.4 Å².